The molecule has 0 atom stereocenters. The maximum absolute atomic E-state index is 11.9. The molecule has 0 saturated carbocycles. The number of nitrogen functional groups attached to an aromatic ring is 1. The Morgan fingerprint density at radius 2 is 2.42 bits per heavy atom. The molecule has 2 aromatic rings. The SMILES string of the molecule is CCCc1[nH]nc(C(=O)NCCn2ccnn2)c1N. The van der Waals surface area contributed by atoms with Crippen LogP contribution in [0.15, 0.2) is 12.4 Å². The van der Waals surface area contributed by atoms with Gasteiger partial charge in [0.1, 0.15) is 0 Å². The molecule has 0 spiro atoms. The normalized spacial score (nSPS) is 10.6. The Morgan fingerprint density at radius 1 is 1.58 bits per heavy atom. The van der Waals surface area contributed by atoms with E-state index in [0.29, 0.717) is 18.8 Å². The zero-order valence-electron chi connectivity index (χ0n) is 10.8. The second-order valence-electron chi connectivity index (χ2n) is 4.14. The van der Waals surface area contributed by atoms with E-state index in [4.69, 9.17) is 5.73 Å². The summed E-state index contributed by atoms with van der Waals surface area (Å²) >= 11 is 0. The molecule has 8 heteroatoms. The van der Waals surface area contributed by atoms with Gasteiger partial charge in [-0.1, -0.05) is 18.6 Å². The lowest BCUT2D eigenvalue weighted by atomic mass is 10.2. The van der Waals surface area contributed by atoms with Gasteiger partial charge in [-0.3, -0.25) is 14.6 Å². The van der Waals surface area contributed by atoms with Crippen LogP contribution in [0.25, 0.3) is 0 Å². The molecule has 102 valence electrons. The topological polar surface area (TPSA) is 115 Å². The van der Waals surface area contributed by atoms with Gasteiger partial charge >= 0.3 is 0 Å². The van der Waals surface area contributed by atoms with Crippen molar-refractivity contribution in [1.29, 1.82) is 0 Å². The number of H-pyrrole nitrogens is 1. The van der Waals surface area contributed by atoms with Gasteiger partial charge in [0.05, 0.1) is 24.1 Å². The van der Waals surface area contributed by atoms with Gasteiger partial charge in [0.2, 0.25) is 0 Å². The number of hydrogen-bond donors (Lipinski definition) is 3. The van der Waals surface area contributed by atoms with Gasteiger partial charge in [0.15, 0.2) is 5.69 Å². The molecule has 0 saturated heterocycles. The third-order valence-electron chi connectivity index (χ3n) is 2.70. The van der Waals surface area contributed by atoms with Crippen LogP contribution < -0.4 is 11.1 Å². The summed E-state index contributed by atoms with van der Waals surface area (Å²) in [4.78, 5) is 11.9. The fourth-order valence-corrected chi connectivity index (χ4v) is 1.72. The number of carbonyl (C=O) groups excluding carboxylic acids is 1. The Bertz CT molecular complexity index is 531. The highest BCUT2D eigenvalue weighted by Gasteiger charge is 2.16. The number of aromatic amines is 1. The molecule has 8 nitrogen and oxygen atoms in total. The number of rotatable bonds is 6. The van der Waals surface area contributed by atoms with E-state index in [2.05, 4.69) is 25.8 Å². The number of aromatic nitrogens is 5. The van der Waals surface area contributed by atoms with Gasteiger partial charge < -0.3 is 11.1 Å². The minimum atomic E-state index is -0.281. The van der Waals surface area contributed by atoms with Crippen LogP contribution in [0.2, 0.25) is 0 Å². The van der Waals surface area contributed by atoms with E-state index in [0.717, 1.165) is 18.5 Å². The largest absolute Gasteiger partial charge is 0.395 e. The molecule has 1 amide bonds. The van der Waals surface area contributed by atoms with Crippen molar-refractivity contribution in [3.8, 4) is 0 Å². The van der Waals surface area contributed by atoms with Gasteiger partial charge in [0, 0.05) is 12.7 Å². The summed E-state index contributed by atoms with van der Waals surface area (Å²) in [6, 6.07) is 0. The molecule has 4 N–H and O–H groups in total. The van der Waals surface area contributed by atoms with E-state index in [1.165, 1.54) is 0 Å². The van der Waals surface area contributed by atoms with Crippen molar-refractivity contribution in [2.45, 2.75) is 26.3 Å². The van der Waals surface area contributed by atoms with E-state index in [1.54, 1.807) is 17.1 Å². The molecule has 2 rings (SSSR count). The van der Waals surface area contributed by atoms with E-state index >= 15 is 0 Å². The van der Waals surface area contributed by atoms with Gasteiger partial charge in [-0.25, -0.2) is 0 Å². The molecule has 0 bridgehead atoms. The van der Waals surface area contributed by atoms with Crippen LogP contribution in [0.4, 0.5) is 5.69 Å². The molecule has 2 heterocycles. The standard InChI is InChI=1S/C11H17N7O/c1-2-3-8-9(12)10(16-15-8)11(19)13-4-6-18-7-5-14-17-18/h5,7H,2-4,6,12H2,1H3,(H,13,19)(H,15,16). The second-order valence-corrected chi connectivity index (χ2v) is 4.14. The van der Waals surface area contributed by atoms with Gasteiger partial charge in [-0.05, 0) is 6.42 Å². The summed E-state index contributed by atoms with van der Waals surface area (Å²) in [6.45, 7) is 3.04. The lowest BCUT2D eigenvalue weighted by molar-refractivity contribution is 0.0947. The highest BCUT2D eigenvalue weighted by molar-refractivity contribution is 5.97. The monoisotopic (exact) mass is 263 g/mol. The molecule has 19 heavy (non-hydrogen) atoms. The minimum Gasteiger partial charge on any atom is -0.395 e. The summed E-state index contributed by atoms with van der Waals surface area (Å²) < 4.78 is 1.64. The van der Waals surface area contributed by atoms with Crippen molar-refractivity contribution in [2.75, 3.05) is 12.3 Å². The Morgan fingerprint density at radius 3 is 3.11 bits per heavy atom. The minimum absolute atomic E-state index is 0.252. The maximum atomic E-state index is 11.9. The first kappa shape index (κ1) is 13.1. The third-order valence-corrected chi connectivity index (χ3v) is 2.70. The van der Waals surface area contributed by atoms with Gasteiger partial charge in [-0.2, -0.15) is 5.10 Å². The number of anilines is 1. The fourth-order valence-electron chi connectivity index (χ4n) is 1.72. The number of nitrogens with zero attached hydrogens (tertiary/aromatic N) is 4. The summed E-state index contributed by atoms with van der Waals surface area (Å²) in [5.41, 5.74) is 7.37. The van der Waals surface area contributed by atoms with Crippen molar-refractivity contribution in [1.82, 2.24) is 30.5 Å². The summed E-state index contributed by atoms with van der Waals surface area (Å²) in [7, 11) is 0. The zero-order chi connectivity index (χ0) is 13.7. The Labute approximate surface area is 110 Å². The van der Waals surface area contributed by atoms with Crippen molar-refractivity contribution >= 4 is 11.6 Å². The van der Waals surface area contributed by atoms with Gasteiger partial charge in [-0.15, -0.1) is 5.10 Å². The highest BCUT2D eigenvalue weighted by atomic mass is 16.1. The molecular formula is C11H17N7O. The van der Waals surface area contributed by atoms with Crippen molar-refractivity contribution in [2.24, 2.45) is 0 Å². The van der Waals surface area contributed by atoms with Crippen molar-refractivity contribution < 1.29 is 4.79 Å². The summed E-state index contributed by atoms with van der Waals surface area (Å²) in [5.74, 6) is -0.281. The predicted octanol–water partition coefficient (Wildman–Crippen LogP) is -0.0341. The van der Waals surface area contributed by atoms with Crippen molar-refractivity contribution in [3.05, 3.63) is 23.8 Å². The van der Waals surface area contributed by atoms with Crippen LogP contribution >= 0.6 is 0 Å². The quantitative estimate of drug-likeness (QED) is 0.676. The number of nitrogens with two attached hydrogens (primary N) is 1. The molecule has 0 aliphatic carbocycles. The van der Waals surface area contributed by atoms with Crippen molar-refractivity contribution in [3.63, 3.8) is 0 Å². The number of aryl methyl sites for hydroxylation is 1. The Balaban J connectivity index is 1.89. The van der Waals surface area contributed by atoms with Crippen LogP contribution in [-0.2, 0) is 13.0 Å². The zero-order valence-corrected chi connectivity index (χ0v) is 10.8. The second kappa shape index (κ2) is 5.98. The van der Waals surface area contributed by atoms with Crippen LogP contribution in [0.3, 0.4) is 0 Å². The highest BCUT2D eigenvalue weighted by Crippen LogP contribution is 2.15. The fraction of sp³-hybridized carbons (Fsp3) is 0.455. The number of amides is 1. The lowest BCUT2D eigenvalue weighted by Crippen LogP contribution is -2.28. The molecule has 0 aromatic carbocycles. The first-order valence-electron chi connectivity index (χ1n) is 6.17. The number of hydrogen-bond acceptors (Lipinski definition) is 5. The van der Waals surface area contributed by atoms with Crippen LogP contribution in [-0.4, -0.2) is 37.6 Å². The third kappa shape index (κ3) is 3.09. The first-order valence-corrected chi connectivity index (χ1v) is 6.17. The Hall–Kier alpha value is -2.38. The lowest BCUT2D eigenvalue weighted by Gasteiger charge is -2.03. The van der Waals surface area contributed by atoms with Gasteiger partial charge in [0.25, 0.3) is 5.91 Å². The van der Waals surface area contributed by atoms with E-state index in [-0.39, 0.29) is 11.6 Å². The Kier molecular flexibility index (Phi) is 4.11. The van der Waals surface area contributed by atoms with E-state index in [9.17, 15) is 4.79 Å². The molecule has 0 aliphatic heterocycles. The molecule has 2 aromatic heterocycles. The average Bonchev–Trinajstić information content (AvgIpc) is 3.01. The average molecular weight is 263 g/mol. The molecular weight excluding hydrogens is 246 g/mol. The number of nitrogens with one attached hydrogen (secondary N) is 2. The molecule has 0 radical (unpaired) electrons. The summed E-state index contributed by atoms with van der Waals surface area (Å²) in [5, 5.41) is 17.0. The predicted molar refractivity (Wildman–Crippen MR) is 69.4 cm³/mol. The van der Waals surface area contributed by atoms with Crippen LogP contribution in [0, 0.1) is 0 Å². The molecule has 0 unspecified atom stereocenters. The number of carbonyl (C=O) groups is 1. The van der Waals surface area contributed by atoms with E-state index < -0.39 is 0 Å². The summed E-state index contributed by atoms with van der Waals surface area (Å²) in [6.07, 6.45) is 5.05. The first-order chi connectivity index (χ1) is 9.22. The van der Waals surface area contributed by atoms with Crippen LogP contribution in [0.1, 0.15) is 29.5 Å². The maximum Gasteiger partial charge on any atom is 0.274 e. The smallest absolute Gasteiger partial charge is 0.274 e. The van der Waals surface area contributed by atoms with E-state index in [1.807, 2.05) is 6.92 Å². The van der Waals surface area contributed by atoms with Crippen LogP contribution in [0.5, 0.6) is 0 Å². The molecule has 0 aliphatic rings. The molecule has 0 fully saturated rings.